The molecule has 1 aliphatic heterocycles. The predicted octanol–water partition coefficient (Wildman–Crippen LogP) is 2.78. The van der Waals surface area contributed by atoms with Gasteiger partial charge < -0.3 is 15.3 Å². The summed E-state index contributed by atoms with van der Waals surface area (Å²) in [5.74, 6) is 0.915. The van der Waals surface area contributed by atoms with E-state index in [0.717, 1.165) is 34.7 Å². The van der Waals surface area contributed by atoms with E-state index in [1.54, 1.807) is 12.5 Å². The number of rotatable bonds is 3. The molecule has 1 saturated heterocycles. The minimum atomic E-state index is -0.259. The van der Waals surface area contributed by atoms with Crippen molar-refractivity contribution in [2.45, 2.75) is 31.8 Å². The van der Waals surface area contributed by atoms with Gasteiger partial charge in [0.2, 0.25) is 6.41 Å². The number of amides is 1. The first kappa shape index (κ1) is 19.0. The lowest BCUT2D eigenvalue weighted by molar-refractivity contribution is -0.127. The molecule has 2 aliphatic rings. The molecule has 9 heteroatoms. The lowest BCUT2D eigenvalue weighted by atomic mass is 9.97. The van der Waals surface area contributed by atoms with E-state index < -0.39 is 0 Å². The average molecular weight is 423 g/mol. The molecule has 8 nitrogen and oxygen atoms in total. The van der Waals surface area contributed by atoms with Crippen molar-refractivity contribution in [2.75, 3.05) is 18.4 Å². The van der Waals surface area contributed by atoms with Gasteiger partial charge in [-0.05, 0) is 49.4 Å². The van der Waals surface area contributed by atoms with E-state index in [-0.39, 0.29) is 6.10 Å². The molecule has 2 N–H and O–H groups in total. The van der Waals surface area contributed by atoms with Crippen molar-refractivity contribution >= 4 is 45.0 Å². The van der Waals surface area contributed by atoms with Gasteiger partial charge in [-0.3, -0.25) is 4.79 Å². The summed E-state index contributed by atoms with van der Waals surface area (Å²) in [7, 11) is 0. The number of anilines is 2. The molecule has 0 spiro atoms. The number of hydrogen-bond donors (Lipinski definition) is 2. The number of aliphatic hydroxyl groups is 1. The maximum atomic E-state index is 9.75. The van der Waals surface area contributed by atoms with Gasteiger partial charge in [-0.15, -0.1) is 11.3 Å². The summed E-state index contributed by atoms with van der Waals surface area (Å²) in [6.07, 6.45) is 10.8. The fourth-order valence-electron chi connectivity index (χ4n) is 3.90. The van der Waals surface area contributed by atoms with E-state index >= 15 is 0 Å². The third kappa shape index (κ3) is 3.61. The molecule has 1 aliphatic carbocycles. The van der Waals surface area contributed by atoms with Crippen molar-refractivity contribution in [1.82, 2.24) is 24.5 Å². The smallest absolute Gasteiger partial charge is 0.209 e. The number of hydrogen-bond acceptors (Lipinski definition) is 7. The Hall–Kier alpha value is -3.04. The number of pyridine rings is 1. The summed E-state index contributed by atoms with van der Waals surface area (Å²) in [5, 5.41) is 17.5. The topological polar surface area (TPSA) is 95.7 Å². The number of nitrogens with one attached hydrogen (secondary N) is 1. The predicted molar refractivity (Wildman–Crippen MR) is 116 cm³/mol. The number of thiophene rings is 1. The van der Waals surface area contributed by atoms with Gasteiger partial charge in [0.1, 0.15) is 17.0 Å². The van der Waals surface area contributed by atoms with E-state index in [2.05, 4.69) is 26.4 Å². The first-order valence-corrected chi connectivity index (χ1v) is 10.9. The van der Waals surface area contributed by atoms with Crippen LogP contribution >= 0.6 is 11.3 Å². The SMILES string of the molecule is O=CN1CC(O)C1.c1nc(Nc2ccn3nccc3c2)c2c3c(sc2n1)CCCC3. The molecule has 30 heavy (non-hydrogen) atoms. The Morgan fingerprint density at radius 1 is 1.20 bits per heavy atom. The number of fused-ring (bicyclic) bond motifs is 4. The van der Waals surface area contributed by atoms with Crippen LogP contribution in [0.3, 0.4) is 0 Å². The van der Waals surface area contributed by atoms with Gasteiger partial charge in [-0.2, -0.15) is 5.10 Å². The number of aryl methyl sites for hydroxylation is 2. The van der Waals surface area contributed by atoms with Crippen LogP contribution in [0.5, 0.6) is 0 Å². The number of aliphatic hydroxyl groups excluding tert-OH is 1. The highest BCUT2D eigenvalue weighted by Crippen LogP contribution is 2.38. The number of β-amino-alcohol motifs (C(OH)–C–C–N with tert-alkyl or cyclic N) is 1. The molecule has 4 aromatic rings. The van der Waals surface area contributed by atoms with Crippen molar-refractivity contribution in [3.05, 3.63) is 47.4 Å². The van der Waals surface area contributed by atoms with Gasteiger partial charge in [0.05, 0.1) is 17.0 Å². The van der Waals surface area contributed by atoms with E-state index in [0.29, 0.717) is 13.1 Å². The van der Waals surface area contributed by atoms with Crippen LogP contribution in [-0.4, -0.2) is 55.2 Å². The highest BCUT2D eigenvalue weighted by molar-refractivity contribution is 7.19. The second kappa shape index (κ2) is 8.00. The fourth-order valence-corrected chi connectivity index (χ4v) is 5.12. The maximum absolute atomic E-state index is 9.75. The quantitative estimate of drug-likeness (QED) is 0.493. The Morgan fingerprint density at radius 2 is 2.07 bits per heavy atom. The summed E-state index contributed by atoms with van der Waals surface area (Å²) < 4.78 is 1.85. The van der Waals surface area contributed by atoms with Crippen LogP contribution in [0.25, 0.3) is 15.7 Å². The van der Waals surface area contributed by atoms with Crippen LogP contribution in [0, 0.1) is 0 Å². The lowest BCUT2D eigenvalue weighted by Gasteiger charge is -2.31. The Balaban J connectivity index is 0.000000236. The molecule has 0 saturated carbocycles. The van der Waals surface area contributed by atoms with Crippen molar-refractivity contribution in [3.63, 3.8) is 0 Å². The van der Waals surface area contributed by atoms with Gasteiger partial charge in [-0.25, -0.2) is 14.5 Å². The van der Waals surface area contributed by atoms with Crippen LogP contribution in [-0.2, 0) is 17.6 Å². The van der Waals surface area contributed by atoms with E-state index in [4.69, 9.17) is 5.11 Å². The number of nitrogens with zero attached hydrogens (tertiary/aromatic N) is 5. The molecule has 6 rings (SSSR count). The molecule has 1 fully saturated rings. The second-order valence-electron chi connectivity index (χ2n) is 7.57. The summed E-state index contributed by atoms with van der Waals surface area (Å²) in [4.78, 5) is 22.8. The summed E-state index contributed by atoms with van der Waals surface area (Å²) in [6, 6.07) is 6.10. The van der Waals surface area contributed by atoms with Crippen LogP contribution in [0.2, 0.25) is 0 Å². The van der Waals surface area contributed by atoms with Gasteiger partial charge >= 0.3 is 0 Å². The van der Waals surface area contributed by atoms with Crippen molar-refractivity contribution in [3.8, 4) is 0 Å². The number of aromatic nitrogens is 4. The zero-order chi connectivity index (χ0) is 20.5. The Labute approximate surface area is 177 Å². The van der Waals surface area contributed by atoms with E-state index in [9.17, 15) is 4.79 Å². The van der Waals surface area contributed by atoms with E-state index in [1.165, 1.54) is 40.0 Å². The minimum absolute atomic E-state index is 0.259. The highest BCUT2D eigenvalue weighted by Gasteiger charge is 2.21. The number of carbonyl (C=O) groups is 1. The average Bonchev–Trinajstić information content (AvgIpc) is 3.36. The van der Waals surface area contributed by atoms with Crippen molar-refractivity contribution in [1.29, 1.82) is 0 Å². The Bertz CT molecular complexity index is 1200. The van der Waals surface area contributed by atoms with Crippen LogP contribution in [0.4, 0.5) is 11.5 Å². The minimum Gasteiger partial charge on any atom is -0.389 e. The Kier molecular flexibility index (Phi) is 5.06. The first-order chi connectivity index (χ1) is 14.7. The monoisotopic (exact) mass is 422 g/mol. The van der Waals surface area contributed by atoms with Crippen LogP contribution < -0.4 is 5.32 Å². The lowest BCUT2D eigenvalue weighted by Crippen LogP contribution is -2.49. The van der Waals surface area contributed by atoms with Crippen LogP contribution in [0.1, 0.15) is 23.3 Å². The van der Waals surface area contributed by atoms with E-state index in [1.807, 2.05) is 34.2 Å². The normalized spacial score (nSPS) is 16.0. The molecule has 0 bridgehead atoms. The zero-order valence-electron chi connectivity index (χ0n) is 16.4. The summed E-state index contributed by atoms with van der Waals surface area (Å²) >= 11 is 1.82. The molecule has 1 amide bonds. The van der Waals surface area contributed by atoms with Crippen molar-refractivity contribution < 1.29 is 9.90 Å². The molecule has 154 valence electrons. The maximum Gasteiger partial charge on any atom is 0.209 e. The summed E-state index contributed by atoms with van der Waals surface area (Å²) in [5.41, 5.74) is 3.53. The molecule has 4 aromatic heterocycles. The summed E-state index contributed by atoms with van der Waals surface area (Å²) in [6.45, 7) is 1.03. The largest absolute Gasteiger partial charge is 0.389 e. The second-order valence-corrected chi connectivity index (χ2v) is 8.65. The standard InChI is InChI=1S/C17H15N5S.C4H7NO2/c1-2-4-14-13(3-1)15-16(18-10-19-17(15)23-14)21-11-6-8-22-12(9-11)5-7-20-22;6-3-5-1-4(7)2-5/h5-10H,1-4H2,(H,18,19,21);3-4,7H,1-2H2. The van der Waals surface area contributed by atoms with Gasteiger partial charge in [0.15, 0.2) is 0 Å². The first-order valence-electron chi connectivity index (χ1n) is 10.0. The zero-order valence-corrected chi connectivity index (χ0v) is 17.2. The van der Waals surface area contributed by atoms with Gasteiger partial charge in [-0.1, -0.05) is 0 Å². The molecule has 0 atom stereocenters. The highest BCUT2D eigenvalue weighted by atomic mass is 32.1. The molecule has 0 aromatic carbocycles. The Morgan fingerprint density at radius 3 is 2.87 bits per heavy atom. The number of likely N-dealkylation sites (tertiary alicyclic amines) is 1. The molecular weight excluding hydrogens is 400 g/mol. The molecule has 0 radical (unpaired) electrons. The number of carbonyl (C=O) groups excluding carboxylic acids is 1. The van der Waals surface area contributed by atoms with Gasteiger partial charge in [0, 0.05) is 36.0 Å². The van der Waals surface area contributed by atoms with Crippen molar-refractivity contribution in [2.24, 2.45) is 0 Å². The third-order valence-corrected chi connectivity index (χ3v) is 6.65. The fraction of sp³-hybridized carbons (Fsp3) is 0.333. The van der Waals surface area contributed by atoms with Gasteiger partial charge in [0.25, 0.3) is 0 Å². The molecular formula is C21H22N6O2S. The molecule has 0 unspecified atom stereocenters. The van der Waals surface area contributed by atoms with Crippen LogP contribution in [0.15, 0.2) is 36.9 Å². The third-order valence-electron chi connectivity index (χ3n) is 5.45. The molecule has 5 heterocycles.